The largest absolute Gasteiger partial charge is 0.395 e. The fraction of sp³-hybridized carbons (Fsp3) is 0.400. The van der Waals surface area contributed by atoms with Gasteiger partial charge in [-0.05, 0) is 16.3 Å². The van der Waals surface area contributed by atoms with Crippen LogP contribution in [0.3, 0.4) is 0 Å². The lowest BCUT2D eigenvalue weighted by molar-refractivity contribution is 0.106. The van der Waals surface area contributed by atoms with Crippen molar-refractivity contribution in [2.45, 2.75) is 13.1 Å². The van der Waals surface area contributed by atoms with Gasteiger partial charge in [0.15, 0.2) is 11.2 Å². The Bertz CT molecular complexity index is 1450. The van der Waals surface area contributed by atoms with Gasteiger partial charge in [0.25, 0.3) is 5.56 Å². The summed E-state index contributed by atoms with van der Waals surface area (Å²) in [6, 6.07) is 14.4. The van der Waals surface area contributed by atoms with E-state index < -0.39 is 0 Å². The predicted molar refractivity (Wildman–Crippen MR) is 132 cm³/mol. The van der Waals surface area contributed by atoms with Crippen LogP contribution in [-0.2, 0) is 27.2 Å². The summed E-state index contributed by atoms with van der Waals surface area (Å²) in [4.78, 5) is 35.2. The third-order valence-corrected chi connectivity index (χ3v) is 6.88. The van der Waals surface area contributed by atoms with Crippen molar-refractivity contribution < 1.29 is 5.11 Å². The number of rotatable bonds is 6. The van der Waals surface area contributed by atoms with Crippen LogP contribution >= 0.6 is 0 Å². The molecule has 0 bridgehead atoms. The Balaban J connectivity index is 1.60. The van der Waals surface area contributed by atoms with E-state index in [1.807, 2.05) is 22.8 Å². The molecule has 4 aromatic rings. The van der Waals surface area contributed by atoms with Crippen LogP contribution in [-0.4, -0.2) is 72.9 Å². The van der Waals surface area contributed by atoms with E-state index in [0.29, 0.717) is 30.8 Å². The molecule has 3 heterocycles. The molecular weight excluding hydrogens is 432 g/mol. The molecule has 0 unspecified atom stereocenters. The van der Waals surface area contributed by atoms with E-state index in [9.17, 15) is 14.7 Å². The minimum Gasteiger partial charge on any atom is -0.395 e. The Labute approximate surface area is 197 Å². The highest BCUT2D eigenvalue weighted by molar-refractivity contribution is 5.85. The number of aryl methyl sites for hydroxylation is 1. The van der Waals surface area contributed by atoms with Gasteiger partial charge >= 0.3 is 5.69 Å². The van der Waals surface area contributed by atoms with Crippen molar-refractivity contribution in [3.8, 4) is 0 Å². The number of aromatic nitrogens is 4. The van der Waals surface area contributed by atoms with Crippen molar-refractivity contribution in [2.75, 3.05) is 39.3 Å². The first kappa shape index (κ1) is 22.5. The SMILES string of the molecule is Cn1c(=O)c2c(nc(CN3CCN(CCO)CC3)n2Cc2cccc3ccccc23)n(C)c1=O. The number of β-amino-alcohol motifs (C(OH)–C–C–N with tert-alkyl or cyclic N) is 1. The number of aliphatic hydroxyl groups is 1. The zero-order valence-electron chi connectivity index (χ0n) is 19.6. The molecule has 9 nitrogen and oxygen atoms in total. The Morgan fingerprint density at radius 3 is 2.35 bits per heavy atom. The van der Waals surface area contributed by atoms with Crippen LogP contribution in [0.5, 0.6) is 0 Å². The van der Waals surface area contributed by atoms with Gasteiger partial charge in [0.2, 0.25) is 0 Å². The molecule has 178 valence electrons. The summed E-state index contributed by atoms with van der Waals surface area (Å²) in [7, 11) is 3.18. The van der Waals surface area contributed by atoms with Gasteiger partial charge in [-0.1, -0.05) is 42.5 Å². The van der Waals surface area contributed by atoms with Crippen molar-refractivity contribution in [1.82, 2.24) is 28.5 Å². The molecule has 1 saturated heterocycles. The number of aliphatic hydroxyl groups excluding tert-OH is 1. The summed E-state index contributed by atoms with van der Waals surface area (Å²) < 4.78 is 4.60. The molecule has 1 aliphatic rings. The highest BCUT2D eigenvalue weighted by Crippen LogP contribution is 2.22. The van der Waals surface area contributed by atoms with Crippen LogP contribution in [0.4, 0.5) is 0 Å². The molecule has 2 aromatic heterocycles. The fourth-order valence-corrected chi connectivity index (χ4v) is 4.90. The normalized spacial score (nSPS) is 15.5. The van der Waals surface area contributed by atoms with E-state index >= 15 is 0 Å². The lowest BCUT2D eigenvalue weighted by Crippen LogP contribution is -2.46. The maximum absolute atomic E-state index is 13.2. The first-order valence-corrected chi connectivity index (χ1v) is 11.6. The summed E-state index contributed by atoms with van der Waals surface area (Å²) in [5.41, 5.74) is 1.26. The summed E-state index contributed by atoms with van der Waals surface area (Å²) in [5.74, 6) is 0.775. The van der Waals surface area contributed by atoms with Crippen molar-refractivity contribution in [1.29, 1.82) is 0 Å². The average molecular weight is 463 g/mol. The van der Waals surface area contributed by atoms with E-state index in [2.05, 4.69) is 34.1 Å². The Kier molecular flexibility index (Phi) is 6.07. The third-order valence-electron chi connectivity index (χ3n) is 6.88. The van der Waals surface area contributed by atoms with Gasteiger partial charge in [-0.3, -0.25) is 23.7 Å². The monoisotopic (exact) mass is 462 g/mol. The molecule has 0 radical (unpaired) electrons. The number of benzene rings is 2. The molecule has 0 amide bonds. The van der Waals surface area contributed by atoms with Gasteiger partial charge in [-0.25, -0.2) is 9.78 Å². The van der Waals surface area contributed by atoms with Gasteiger partial charge in [-0.15, -0.1) is 0 Å². The zero-order valence-corrected chi connectivity index (χ0v) is 19.6. The van der Waals surface area contributed by atoms with E-state index in [1.54, 1.807) is 7.05 Å². The maximum Gasteiger partial charge on any atom is 0.332 e. The molecule has 0 saturated carbocycles. The summed E-state index contributed by atoms with van der Waals surface area (Å²) in [5, 5.41) is 11.5. The third kappa shape index (κ3) is 3.96. The van der Waals surface area contributed by atoms with Gasteiger partial charge in [0.1, 0.15) is 5.82 Å². The second kappa shape index (κ2) is 9.17. The topological polar surface area (TPSA) is 88.5 Å². The van der Waals surface area contributed by atoms with Crippen LogP contribution in [0.15, 0.2) is 52.1 Å². The summed E-state index contributed by atoms with van der Waals surface area (Å²) >= 11 is 0. The number of hydrogen-bond donors (Lipinski definition) is 1. The highest BCUT2D eigenvalue weighted by atomic mass is 16.3. The predicted octanol–water partition coefficient (Wildman–Crippen LogP) is 0.745. The van der Waals surface area contributed by atoms with E-state index in [4.69, 9.17) is 4.98 Å². The number of hydrogen-bond acceptors (Lipinski definition) is 6. The second-order valence-electron chi connectivity index (χ2n) is 8.97. The molecule has 0 aliphatic carbocycles. The summed E-state index contributed by atoms with van der Waals surface area (Å²) in [6.45, 7) is 5.40. The van der Waals surface area contributed by atoms with Gasteiger partial charge in [-0.2, -0.15) is 0 Å². The average Bonchev–Trinajstić information content (AvgIpc) is 3.21. The second-order valence-corrected chi connectivity index (χ2v) is 8.97. The molecule has 9 heteroatoms. The lowest BCUT2D eigenvalue weighted by Gasteiger charge is -2.34. The van der Waals surface area contributed by atoms with E-state index in [-0.39, 0.29) is 17.9 Å². The van der Waals surface area contributed by atoms with Crippen LogP contribution in [0, 0.1) is 0 Å². The van der Waals surface area contributed by atoms with E-state index in [1.165, 1.54) is 11.6 Å². The number of nitrogens with zero attached hydrogens (tertiary/aromatic N) is 6. The van der Waals surface area contributed by atoms with Gasteiger partial charge in [0.05, 0.1) is 19.7 Å². The van der Waals surface area contributed by atoms with Crippen LogP contribution in [0.25, 0.3) is 21.9 Å². The number of piperazine rings is 1. The molecule has 1 aliphatic heterocycles. The molecule has 5 rings (SSSR count). The molecule has 1 fully saturated rings. The lowest BCUT2D eigenvalue weighted by atomic mass is 10.0. The van der Waals surface area contributed by atoms with Crippen molar-refractivity contribution in [3.63, 3.8) is 0 Å². The smallest absolute Gasteiger partial charge is 0.332 e. The number of imidazole rings is 1. The molecular formula is C25H30N6O3. The maximum atomic E-state index is 13.2. The zero-order chi connectivity index (χ0) is 23.8. The van der Waals surface area contributed by atoms with Crippen LogP contribution in [0.2, 0.25) is 0 Å². The minimum absolute atomic E-state index is 0.165. The first-order valence-electron chi connectivity index (χ1n) is 11.6. The molecule has 0 spiro atoms. The highest BCUT2D eigenvalue weighted by Gasteiger charge is 2.23. The molecule has 0 atom stereocenters. The van der Waals surface area contributed by atoms with Crippen molar-refractivity contribution >= 4 is 21.9 Å². The molecule has 34 heavy (non-hydrogen) atoms. The molecule has 2 aromatic carbocycles. The van der Waals surface area contributed by atoms with Crippen molar-refractivity contribution in [3.05, 3.63) is 74.7 Å². The number of fused-ring (bicyclic) bond motifs is 2. The van der Waals surface area contributed by atoms with Gasteiger partial charge in [0, 0.05) is 46.8 Å². The van der Waals surface area contributed by atoms with Gasteiger partial charge < -0.3 is 9.67 Å². The van der Waals surface area contributed by atoms with E-state index in [0.717, 1.165) is 52.9 Å². The van der Waals surface area contributed by atoms with Crippen LogP contribution in [0.1, 0.15) is 11.4 Å². The Morgan fingerprint density at radius 1 is 0.882 bits per heavy atom. The standard InChI is InChI=1S/C25H30N6O3/c1-27-23-22(24(33)28(2)25(27)34)31(16-19-8-5-7-18-6-3-4-9-20(18)19)21(26-23)17-30-12-10-29(11-13-30)14-15-32/h3-9,32H,10-17H2,1-2H3. The van der Waals surface area contributed by atoms with Crippen LogP contribution < -0.4 is 11.2 Å². The first-order chi connectivity index (χ1) is 16.5. The fourth-order valence-electron chi connectivity index (χ4n) is 4.90. The summed E-state index contributed by atoms with van der Waals surface area (Å²) in [6.07, 6.45) is 0. The quantitative estimate of drug-likeness (QED) is 0.455. The Hall–Kier alpha value is -3.27. The van der Waals surface area contributed by atoms with Crippen molar-refractivity contribution in [2.24, 2.45) is 14.1 Å². The Morgan fingerprint density at radius 2 is 1.59 bits per heavy atom. The molecule has 1 N–H and O–H groups in total. The minimum atomic E-state index is -0.378.